The van der Waals surface area contributed by atoms with Crippen LogP contribution in [0.3, 0.4) is 0 Å². The van der Waals surface area contributed by atoms with Crippen LogP contribution in [0, 0.1) is 6.92 Å². The summed E-state index contributed by atoms with van der Waals surface area (Å²) in [6.07, 6.45) is 6.19. The van der Waals surface area contributed by atoms with Gasteiger partial charge in [-0.3, -0.25) is 14.0 Å². The van der Waals surface area contributed by atoms with E-state index < -0.39 is 5.91 Å². The van der Waals surface area contributed by atoms with E-state index in [1.165, 1.54) is 16.9 Å². The van der Waals surface area contributed by atoms with Crippen LogP contribution in [0.25, 0.3) is 5.65 Å². The molecule has 8 nitrogen and oxygen atoms in total. The lowest BCUT2D eigenvalue weighted by molar-refractivity contribution is 0.0928. The van der Waals surface area contributed by atoms with Crippen LogP contribution in [0.1, 0.15) is 15.9 Å². The fourth-order valence-corrected chi connectivity index (χ4v) is 2.83. The van der Waals surface area contributed by atoms with Crippen LogP contribution in [0.5, 0.6) is 0 Å². The van der Waals surface area contributed by atoms with E-state index in [2.05, 4.69) is 20.3 Å². The molecule has 0 unspecified atom stereocenters. The summed E-state index contributed by atoms with van der Waals surface area (Å²) < 4.78 is 1.40. The maximum atomic E-state index is 12.5. The van der Waals surface area contributed by atoms with Crippen molar-refractivity contribution in [3.63, 3.8) is 0 Å². The van der Waals surface area contributed by atoms with Gasteiger partial charge in [-0.05, 0) is 24.6 Å². The van der Waals surface area contributed by atoms with Gasteiger partial charge in [0.25, 0.3) is 11.5 Å². The minimum absolute atomic E-state index is 0.0277. The average Bonchev–Trinajstić information content (AvgIpc) is 2.59. The number of nitrogens with zero attached hydrogens (tertiary/aromatic N) is 5. The number of fused-ring (bicyclic) bond motifs is 1. The molecule has 0 radical (unpaired) electrons. The Morgan fingerprint density at radius 1 is 1.24 bits per heavy atom. The lowest BCUT2D eigenvalue weighted by Crippen LogP contribution is -2.60. The van der Waals surface area contributed by atoms with Gasteiger partial charge in [0.1, 0.15) is 23.4 Å². The number of amides is 1. The number of carbonyl (C=O) groups excluding carboxylic acids is 1. The van der Waals surface area contributed by atoms with Crippen molar-refractivity contribution in [2.45, 2.75) is 13.0 Å². The van der Waals surface area contributed by atoms with Gasteiger partial charge in [-0.1, -0.05) is 6.07 Å². The van der Waals surface area contributed by atoms with E-state index in [-0.39, 0.29) is 17.2 Å². The van der Waals surface area contributed by atoms with Gasteiger partial charge in [0.2, 0.25) is 0 Å². The molecule has 1 N–H and O–H groups in total. The standard InChI is InChI=1S/C17H16N6O2/c1-11-2-3-15-19-6-13(17(25)23(15)7-11)16(24)21-12-8-22(9-12)14-4-5-18-10-20-14/h2-7,10,12H,8-9H2,1H3,(H,21,24). The quantitative estimate of drug-likeness (QED) is 0.745. The molecule has 0 saturated carbocycles. The molecule has 3 aromatic rings. The van der Waals surface area contributed by atoms with E-state index in [9.17, 15) is 9.59 Å². The number of pyridine rings is 1. The van der Waals surface area contributed by atoms with Crippen LogP contribution < -0.4 is 15.8 Å². The first-order chi connectivity index (χ1) is 12.1. The summed E-state index contributed by atoms with van der Waals surface area (Å²) in [7, 11) is 0. The molecular formula is C17H16N6O2. The van der Waals surface area contributed by atoms with E-state index in [0.717, 1.165) is 11.4 Å². The Bertz CT molecular complexity index is 995. The van der Waals surface area contributed by atoms with E-state index in [4.69, 9.17) is 0 Å². The van der Waals surface area contributed by atoms with Gasteiger partial charge in [-0.25, -0.2) is 15.0 Å². The van der Waals surface area contributed by atoms with Crippen LogP contribution in [-0.2, 0) is 0 Å². The molecule has 25 heavy (non-hydrogen) atoms. The van der Waals surface area contributed by atoms with Crippen molar-refractivity contribution < 1.29 is 4.79 Å². The zero-order valence-corrected chi connectivity index (χ0v) is 13.6. The Hall–Kier alpha value is -3.29. The van der Waals surface area contributed by atoms with Crippen molar-refractivity contribution in [2.24, 2.45) is 0 Å². The van der Waals surface area contributed by atoms with Gasteiger partial charge in [-0.2, -0.15) is 0 Å². The Morgan fingerprint density at radius 2 is 2.08 bits per heavy atom. The molecule has 1 fully saturated rings. The predicted octanol–water partition coefficient (Wildman–Crippen LogP) is 0.412. The molecule has 0 bridgehead atoms. The van der Waals surface area contributed by atoms with Crippen molar-refractivity contribution >= 4 is 17.4 Å². The summed E-state index contributed by atoms with van der Waals surface area (Å²) in [4.78, 5) is 39.2. The zero-order valence-electron chi connectivity index (χ0n) is 13.6. The SMILES string of the molecule is Cc1ccc2ncc(C(=O)NC3CN(c4ccncn4)C3)c(=O)n2c1. The highest BCUT2D eigenvalue weighted by Crippen LogP contribution is 2.17. The minimum Gasteiger partial charge on any atom is -0.352 e. The summed E-state index contributed by atoms with van der Waals surface area (Å²) in [5.74, 6) is 0.421. The monoisotopic (exact) mass is 336 g/mol. The maximum Gasteiger partial charge on any atom is 0.270 e. The summed E-state index contributed by atoms with van der Waals surface area (Å²) in [6, 6.07) is 5.42. The normalized spacial score (nSPS) is 14.4. The van der Waals surface area contributed by atoms with Gasteiger partial charge >= 0.3 is 0 Å². The van der Waals surface area contributed by atoms with Crippen LogP contribution in [0.4, 0.5) is 5.82 Å². The zero-order chi connectivity index (χ0) is 17.4. The molecule has 1 aliphatic heterocycles. The highest BCUT2D eigenvalue weighted by atomic mass is 16.2. The van der Waals surface area contributed by atoms with Gasteiger partial charge < -0.3 is 10.2 Å². The summed E-state index contributed by atoms with van der Waals surface area (Å²) in [5.41, 5.74) is 1.13. The van der Waals surface area contributed by atoms with Gasteiger partial charge in [0.05, 0.1) is 6.04 Å². The fraction of sp³-hybridized carbons (Fsp3) is 0.235. The molecule has 1 aliphatic rings. The summed E-state index contributed by atoms with van der Waals surface area (Å²) in [5, 5.41) is 2.88. The number of nitrogens with one attached hydrogen (secondary N) is 1. The maximum absolute atomic E-state index is 12.5. The molecule has 1 amide bonds. The number of aryl methyl sites for hydroxylation is 1. The third kappa shape index (κ3) is 2.82. The van der Waals surface area contributed by atoms with Crippen molar-refractivity contribution in [1.82, 2.24) is 24.7 Å². The number of aromatic nitrogens is 4. The summed E-state index contributed by atoms with van der Waals surface area (Å²) >= 11 is 0. The molecule has 0 spiro atoms. The summed E-state index contributed by atoms with van der Waals surface area (Å²) in [6.45, 7) is 3.17. The first-order valence-electron chi connectivity index (χ1n) is 7.91. The largest absolute Gasteiger partial charge is 0.352 e. The smallest absolute Gasteiger partial charge is 0.270 e. The van der Waals surface area contributed by atoms with Crippen LogP contribution in [0.15, 0.2) is 47.9 Å². The van der Waals surface area contributed by atoms with Crippen molar-refractivity contribution in [2.75, 3.05) is 18.0 Å². The van der Waals surface area contributed by atoms with Crippen molar-refractivity contribution in [3.8, 4) is 0 Å². The Balaban J connectivity index is 1.48. The van der Waals surface area contributed by atoms with E-state index in [0.29, 0.717) is 18.7 Å². The molecule has 4 heterocycles. The molecular weight excluding hydrogens is 320 g/mol. The van der Waals surface area contributed by atoms with Gasteiger partial charge in [0, 0.05) is 31.7 Å². The van der Waals surface area contributed by atoms with Gasteiger partial charge in [-0.15, -0.1) is 0 Å². The average molecular weight is 336 g/mol. The van der Waals surface area contributed by atoms with Crippen LogP contribution in [0.2, 0.25) is 0 Å². The fourth-order valence-electron chi connectivity index (χ4n) is 2.83. The second-order valence-corrected chi connectivity index (χ2v) is 6.05. The second kappa shape index (κ2) is 5.97. The molecule has 0 aromatic carbocycles. The highest BCUT2D eigenvalue weighted by molar-refractivity contribution is 5.94. The Morgan fingerprint density at radius 3 is 2.84 bits per heavy atom. The Kier molecular flexibility index (Phi) is 3.64. The molecule has 0 aliphatic carbocycles. The van der Waals surface area contributed by atoms with Crippen molar-refractivity contribution in [3.05, 3.63) is 64.6 Å². The number of hydrogen-bond donors (Lipinski definition) is 1. The lowest BCUT2D eigenvalue weighted by Gasteiger charge is -2.40. The first-order valence-corrected chi connectivity index (χ1v) is 7.91. The number of anilines is 1. The first kappa shape index (κ1) is 15.3. The topological polar surface area (TPSA) is 92.5 Å². The molecule has 3 aromatic heterocycles. The third-order valence-electron chi connectivity index (χ3n) is 4.20. The number of rotatable bonds is 3. The Labute approximate surface area is 143 Å². The van der Waals surface area contributed by atoms with E-state index in [1.807, 2.05) is 24.0 Å². The second-order valence-electron chi connectivity index (χ2n) is 6.05. The molecule has 0 atom stereocenters. The molecule has 8 heteroatoms. The number of hydrogen-bond acceptors (Lipinski definition) is 6. The molecule has 1 saturated heterocycles. The van der Waals surface area contributed by atoms with Crippen molar-refractivity contribution in [1.29, 1.82) is 0 Å². The van der Waals surface area contributed by atoms with Gasteiger partial charge in [0.15, 0.2) is 0 Å². The third-order valence-corrected chi connectivity index (χ3v) is 4.20. The van der Waals surface area contributed by atoms with E-state index in [1.54, 1.807) is 18.5 Å². The van der Waals surface area contributed by atoms with E-state index >= 15 is 0 Å². The molecule has 4 rings (SSSR count). The minimum atomic E-state index is -0.402. The molecule has 126 valence electrons. The highest BCUT2D eigenvalue weighted by Gasteiger charge is 2.29. The predicted molar refractivity (Wildman–Crippen MR) is 91.7 cm³/mol. The lowest BCUT2D eigenvalue weighted by atomic mass is 10.1. The number of carbonyl (C=O) groups is 1. The van der Waals surface area contributed by atoms with Crippen LogP contribution in [-0.4, -0.2) is 44.4 Å². The van der Waals surface area contributed by atoms with Crippen LogP contribution >= 0.6 is 0 Å².